The minimum absolute atomic E-state index is 0.0815. The highest BCUT2D eigenvalue weighted by Gasteiger charge is 2.17. The molecular weight excluding hydrogens is 336 g/mol. The molecule has 1 amide bonds. The van der Waals surface area contributed by atoms with E-state index in [-0.39, 0.29) is 5.91 Å². The van der Waals surface area contributed by atoms with Gasteiger partial charge in [0.25, 0.3) is 5.91 Å². The first-order valence-corrected chi connectivity index (χ1v) is 9.79. The Morgan fingerprint density at radius 2 is 2.04 bits per heavy atom. The van der Waals surface area contributed by atoms with Crippen molar-refractivity contribution in [1.29, 1.82) is 0 Å². The maximum Gasteiger partial charge on any atom is 0.261 e. The van der Waals surface area contributed by atoms with Crippen molar-refractivity contribution in [3.8, 4) is 0 Å². The Morgan fingerprint density at radius 3 is 2.70 bits per heavy atom. The minimum Gasteiger partial charge on any atom is -0.354 e. The maximum absolute atomic E-state index is 12.8. The summed E-state index contributed by atoms with van der Waals surface area (Å²) in [5.41, 5.74) is 4.05. The number of aromatic nitrogens is 2. The van der Waals surface area contributed by atoms with Crippen LogP contribution >= 0.6 is 0 Å². The Morgan fingerprint density at radius 1 is 1.22 bits per heavy atom. The van der Waals surface area contributed by atoms with Crippen molar-refractivity contribution in [1.82, 2.24) is 9.97 Å². The summed E-state index contributed by atoms with van der Waals surface area (Å²) >= 11 is 0. The molecule has 2 aromatic rings. The van der Waals surface area contributed by atoms with Gasteiger partial charge in [-0.05, 0) is 63.6 Å². The Kier molecular flexibility index (Phi) is 6.58. The van der Waals surface area contributed by atoms with Gasteiger partial charge in [0, 0.05) is 31.2 Å². The quantitative estimate of drug-likeness (QED) is 0.720. The van der Waals surface area contributed by atoms with Crippen LogP contribution in [0.4, 0.5) is 11.6 Å². The Labute approximate surface area is 161 Å². The Hall–Kier alpha value is -2.69. The first-order chi connectivity index (χ1) is 13.2. The molecule has 0 unspecified atom stereocenters. The molecule has 0 bridgehead atoms. The van der Waals surface area contributed by atoms with Gasteiger partial charge in [0.2, 0.25) is 5.95 Å². The fourth-order valence-electron chi connectivity index (χ4n) is 3.39. The zero-order valence-electron chi connectivity index (χ0n) is 16.2. The van der Waals surface area contributed by atoms with Crippen LogP contribution in [0.3, 0.4) is 0 Å². The number of aryl methyl sites for hydroxylation is 1. The summed E-state index contributed by atoms with van der Waals surface area (Å²) in [5, 5.41) is 3.25. The molecule has 1 N–H and O–H groups in total. The van der Waals surface area contributed by atoms with Crippen molar-refractivity contribution in [2.75, 3.05) is 23.3 Å². The second kappa shape index (κ2) is 9.31. The molecule has 0 spiro atoms. The maximum atomic E-state index is 12.8. The first-order valence-electron chi connectivity index (χ1n) is 9.79. The molecule has 27 heavy (non-hydrogen) atoms. The van der Waals surface area contributed by atoms with E-state index in [0.29, 0.717) is 18.1 Å². The highest BCUT2D eigenvalue weighted by molar-refractivity contribution is 6.05. The molecule has 1 aromatic heterocycles. The number of nitrogens with zero attached hydrogens (tertiary/aromatic N) is 3. The third kappa shape index (κ3) is 5.16. The average molecular weight is 364 g/mol. The summed E-state index contributed by atoms with van der Waals surface area (Å²) < 4.78 is 0. The van der Waals surface area contributed by atoms with E-state index in [1.165, 1.54) is 31.3 Å². The molecule has 0 saturated heterocycles. The first kappa shape index (κ1) is 19.1. The van der Waals surface area contributed by atoms with E-state index in [1.807, 2.05) is 38.1 Å². The second-order valence-electron chi connectivity index (χ2n) is 6.97. The highest BCUT2D eigenvalue weighted by atomic mass is 16.2. The molecule has 142 valence electrons. The van der Waals surface area contributed by atoms with E-state index < -0.39 is 0 Å². The number of hydrogen-bond donors (Lipinski definition) is 1. The van der Waals surface area contributed by atoms with Gasteiger partial charge < -0.3 is 10.2 Å². The summed E-state index contributed by atoms with van der Waals surface area (Å²) in [7, 11) is 0. The average Bonchev–Trinajstić information content (AvgIpc) is 2.70. The van der Waals surface area contributed by atoms with Crippen molar-refractivity contribution in [2.24, 2.45) is 0 Å². The van der Waals surface area contributed by atoms with Crippen molar-refractivity contribution >= 4 is 17.5 Å². The number of carbonyl (C=O) groups excluding carboxylic acids is 1. The van der Waals surface area contributed by atoms with Gasteiger partial charge in [-0.3, -0.25) is 4.79 Å². The molecule has 0 saturated carbocycles. The number of allylic oxidation sites excluding steroid dienone is 1. The SMILES string of the molecule is CCN(C(=O)c1cnc(NCCC2=CCCCC2)nc1)c1cccc(C)c1. The van der Waals surface area contributed by atoms with Crippen LogP contribution in [0.5, 0.6) is 0 Å². The molecule has 3 rings (SSSR count). The van der Waals surface area contributed by atoms with E-state index in [2.05, 4.69) is 21.4 Å². The lowest BCUT2D eigenvalue weighted by molar-refractivity contribution is 0.0987. The Bertz CT molecular complexity index is 798. The zero-order chi connectivity index (χ0) is 19.1. The van der Waals surface area contributed by atoms with Crippen molar-refractivity contribution < 1.29 is 4.79 Å². The number of amides is 1. The standard InChI is InChI=1S/C22H28N4O/c1-3-26(20-11-7-8-17(2)14-20)21(27)19-15-24-22(25-16-19)23-13-12-18-9-5-4-6-10-18/h7-9,11,14-16H,3-6,10,12-13H2,1-2H3,(H,23,24,25). The number of rotatable bonds is 7. The molecule has 1 aromatic carbocycles. The molecule has 5 nitrogen and oxygen atoms in total. The van der Waals surface area contributed by atoms with Gasteiger partial charge in [0.1, 0.15) is 0 Å². The van der Waals surface area contributed by atoms with E-state index in [9.17, 15) is 4.79 Å². The van der Waals surface area contributed by atoms with Gasteiger partial charge in [-0.15, -0.1) is 0 Å². The highest BCUT2D eigenvalue weighted by Crippen LogP contribution is 2.20. The smallest absolute Gasteiger partial charge is 0.261 e. The largest absolute Gasteiger partial charge is 0.354 e. The predicted molar refractivity (Wildman–Crippen MR) is 110 cm³/mol. The van der Waals surface area contributed by atoms with Gasteiger partial charge in [0.15, 0.2) is 0 Å². The van der Waals surface area contributed by atoms with Crippen LogP contribution in [-0.2, 0) is 0 Å². The predicted octanol–water partition coefficient (Wildman–Crippen LogP) is 4.75. The number of carbonyl (C=O) groups is 1. The van der Waals surface area contributed by atoms with Gasteiger partial charge >= 0.3 is 0 Å². The molecule has 0 radical (unpaired) electrons. The molecule has 0 aliphatic heterocycles. The summed E-state index contributed by atoms with van der Waals surface area (Å²) in [4.78, 5) is 23.2. The summed E-state index contributed by atoms with van der Waals surface area (Å²) in [6, 6.07) is 7.95. The molecule has 1 aliphatic rings. The molecule has 1 aliphatic carbocycles. The van der Waals surface area contributed by atoms with E-state index >= 15 is 0 Å². The molecule has 5 heteroatoms. The molecular formula is C22H28N4O. The van der Waals surface area contributed by atoms with Gasteiger partial charge in [0.05, 0.1) is 5.56 Å². The van der Waals surface area contributed by atoms with E-state index in [0.717, 1.165) is 24.2 Å². The normalized spacial score (nSPS) is 13.8. The van der Waals surface area contributed by atoms with Gasteiger partial charge in [-0.25, -0.2) is 9.97 Å². The third-order valence-corrected chi connectivity index (χ3v) is 4.89. The van der Waals surface area contributed by atoms with Crippen LogP contribution in [0, 0.1) is 6.92 Å². The van der Waals surface area contributed by atoms with Crippen molar-refractivity contribution in [2.45, 2.75) is 46.0 Å². The van der Waals surface area contributed by atoms with Crippen LogP contribution in [0.15, 0.2) is 48.3 Å². The molecule has 0 fully saturated rings. The third-order valence-electron chi connectivity index (χ3n) is 4.89. The molecule has 0 atom stereocenters. The number of benzene rings is 1. The van der Waals surface area contributed by atoms with E-state index in [1.54, 1.807) is 17.3 Å². The van der Waals surface area contributed by atoms with Crippen LogP contribution in [0.2, 0.25) is 0 Å². The van der Waals surface area contributed by atoms with Gasteiger partial charge in [-0.2, -0.15) is 0 Å². The Balaban J connectivity index is 1.60. The molecule has 1 heterocycles. The summed E-state index contributed by atoms with van der Waals surface area (Å²) in [6.07, 6.45) is 11.6. The van der Waals surface area contributed by atoms with E-state index in [4.69, 9.17) is 0 Å². The van der Waals surface area contributed by atoms with Crippen molar-refractivity contribution in [3.63, 3.8) is 0 Å². The fraction of sp³-hybridized carbons (Fsp3) is 0.409. The van der Waals surface area contributed by atoms with Crippen LogP contribution in [0.25, 0.3) is 0 Å². The number of nitrogens with one attached hydrogen (secondary N) is 1. The van der Waals surface area contributed by atoms with Crippen molar-refractivity contribution in [3.05, 3.63) is 59.4 Å². The van der Waals surface area contributed by atoms with Gasteiger partial charge in [-0.1, -0.05) is 23.8 Å². The monoisotopic (exact) mass is 364 g/mol. The topological polar surface area (TPSA) is 58.1 Å². The minimum atomic E-state index is -0.0815. The lowest BCUT2D eigenvalue weighted by Crippen LogP contribution is -2.30. The van der Waals surface area contributed by atoms with Crippen LogP contribution < -0.4 is 10.2 Å². The fourth-order valence-corrected chi connectivity index (χ4v) is 3.39. The zero-order valence-corrected chi connectivity index (χ0v) is 16.2. The van der Waals surface area contributed by atoms with Crippen LogP contribution in [0.1, 0.15) is 54.9 Å². The summed E-state index contributed by atoms with van der Waals surface area (Å²) in [6.45, 7) is 5.41. The lowest BCUT2D eigenvalue weighted by Gasteiger charge is -2.21. The number of anilines is 2. The van der Waals surface area contributed by atoms with Crippen LogP contribution in [-0.4, -0.2) is 29.0 Å². The number of hydrogen-bond acceptors (Lipinski definition) is 4. The lowest BCUT2D eigenvalue weighted by atomic mass is 9.97. The summed E-state index contributed by atoms with van der Waals surface area (Å²) in [5.74, 6) is 0.489. The second-order valence-corrected chi connectivity index (χ2v) is 6.97.